The molecule has 1 aliphatic heterocycles. The zero-order valence-corrected chi connectivity index (χ0v) is 71.1. The lowest BCUT2D eigenvalue weighted by Gasteiger charge is -2.19. The molecule has 5 aromatic heterocycles. The number of nitrogens with two attached hydrogens (primary N) is 7. The number of nitrogens with one attached hydrogen (secondary N) is 5. The molecule has 6 heterocycles. The van der Waals surface area contributed by atoms with Crippen molar-refractivity contribution in [1.82, 2.24) is 55.5 Å². The lowest BCUT2D eigenvalue weighted by molar-refractivity contribution is -0.140. The number of benzene rings is 6. The predicted molar refractivity (Wildman–Crippen MR) is 479 cm³/mol. The fraction of sp³-hybridized carbons (Fsp3) is 0.303. The Labute approximate surface area is 718 Å². The fourth-order valence-electron chi connectivity index (χ4n) is 12.9. The number of hydrogen-bond donors (Lipinski definition) is 14. The van der Waals surface area contributed by atoms with Crippen molar-refractivity contribution in [3.63, 3.8) is 0 Å². The summed E-state index contributed by atoms with van der Waals surface area (Å²) in [6, 6.07) is 38.6. The number of halogens is 1. The number of ether oxygens (including phenoxy) is 4. The molecular weight excluding hydrogens is 1590 g/mol. The monoisotopic (exact) mass is 1690 g/mol. The number of ketones is 1. The number of aliphatic carboxylic acids is 2. The van der Waals surface area contributed by atoms with E-state index >= 15 is 0 Å². The Morgan fingerprint density at radius 1 is 0.593 bits per heavy atom. The van der Waals surface area contributed by atoms with E-state index in [2.05, 4.69) is 67.4 Å². The number of aromatic nitrogens is 9. The summed E-state index contributed by atoms with van der Waals surface area (Å²) in [7, 11) is 6.62. The van der Waals surface area contributed by atoms with Crippen molar-refractivity contribution in [2.24, 2.45) is 22.2 Å². The Kier molecular flexibility index (Phi) is 35.4. The molecular formula is C89H107ClN22O11. The maximum atomic E-state index is 12.3. The first-order chi connectivity index (χ1) is 58.9. The zero-order valence-electron chi connectivity index (χ0n) is 70.4. The highest BCUT2D eigenvalue weighted by atomic mass is 35.5. The Hall–Kier alpha value is -14.4. The molecule has 0 radical (unpaired) electrons. The van der Waals surface area contributed by atoms with Gasteiger partial charge in [-0.05, 0) is 178 Å². The second kappa shape index (κ2) is 46.3. The average Bonchev–Trinajstić information content (AvgIpc) is 1.62. The molecule has 0 aliphatic carbocycles. The summed E-state index contributed by atoms with van der Waals surface area (Å²) < 4.78 is 21.7. The number of H-pyrrole nitrogens is 1. The molecule has 0 saturated carbocycles. The molecule has 6 aromatic carbocycles. The van der Waals surface area contributed by atoms with Crippen molar-refractivity contribution in [2.45, 2.75) is 143 Å². The summed E-state index contributed by atoms with van der Waals surface area (Å²) in [5, 5.41) is 38.9. The van der Waals surface area contributed by atoms with Crippen LogP contribution in [0.25, 0.3) is 22.3 Å². The van der Waals surface area contributed by atoms with Gasteiger partial charge < -0.3 is 89.8 Å². The van der Waals surface area contributed by atoms with Gasteiger partial charge in [-0.3, -0.25) is 25.2 Å². The van der Waals surface area contributed by atoms with E-state index in [1.165, 1.54) is 12.0 Å². The van der Waals surface area contributed by atoms with Gasteiger partial charge in [0.25, 0.3) is 11.8 Å². The van der Waals surface area contributed by atoms with E-state index in [1.54, 1.807) is 95.4 Å². The van der Waals surface area contributed by atoms with Crippen molar-refractivity contribution in [2.75, 3.05) is 62.8 Å². The molecule has 2 amide bonds. The molecule has 0 unspecified atom stereocenters. The number of rotatable bonds is 33. The van der Waals surface area contributed by atoms with E-state index in [4.69, 9.17) is 86.6 Å². The van der Waals surface area contributed by atoms with Crippen LogP contribution in [0.1, 0.15) is 172 Å². The number of carbonyl (C=O) groups is 5. The Bertz CT molecular complexity index is 5400. The van der Waals surface area contributed by atoms with Crippen LogP contribution in [0.15, 0.2) is 157 Å². The lowest BCUT2D eigenvalue weighted by Crippen LogP contribution is -2.40. The van der Waals surface area contributed by atoms with Crippen molar-refractivity contribution < 1.29 is 53.1 Å². The predicted octanol–water partition coefficient (Wildman–Crippen LogP) is 12.2. The molecule has 0 spiro atoms. The van der Waals surface area contributed by atoms with Crippen molar-refractivity contribution in [1.29, 1.82) is 10.8 Å². The average molecular weight is 1700 g/mol. The first-order valence-corrected chi connectivity index (χ1v) is 40.2. The maximum Gasteiger partial charge on any atom is 0.326 e. The van der Waals surface area contributed by atoms with Crippen LogP contribution < -0.4 is 74.6 Å². The molecule has 34 heteroatoms. The molecule has 11 aromatic rings. The number of nitrogen functional groups attached to an aromatic ring is 6. The number of carboxylic acids is 2. The number of carboxylic acid groups (broad SMARTS) is 2. The summed E-state index contributed by atoms with van der Waals surface area (Å²) >= 11 is 5.88. The van der Waals surface area contributed by atoms with Gasteiger partial charge in [0.05, 0.1) is 64.1 Å². The highest BCUT2D eigenvalue weighted by Crippen LogP contribution is 2.39. The highest BCUT2D eigenvalue weighted by Gasteiger charge is 2.26. The van der Waals surface area contributed by atoms with E-state index < -0.39 is 35.8 Å². The summed E-state index contributed by atoms with van der Waals surface area (Å²) in [4.78, 5) is 102. The molecule has 12 rings (SSSR count). The number of amidine groups is 3. The number of hydrogen-bond acceptors (Lipinski definition) is 26. The molecule has 0 bridgehead atoms. The minimum atomic E-state index is -1.04. The summed E-state index contributed by atoms with van der Waals surface area (Å²) in [5.41, 5.74) is 52.9. The largest absolute Gasteiger partial charge is 0.494 e. The van der Waals surface area contributed by atoms with Crippen LogP contribution in [0.5, 0.6) is 23.0 Å². The third-order valence-corrected chi connectivity index (χ3v) is 19.6. The van der Waals surface area contributed by atoms with Gasteiger partial charge in [-0.1, -0.05) is 107 Å². The Morgan fingerprint density at radius 2 is 1.15 bits per heavy atom. The van der Waals surface area contributed by atoms with Gasteiger partial charge in [0.2, 0.25) is 11.7 Å². The van der Waals surface area contributed by atoms with Gasteiger partial charge in [0, 0.05) is 70.0 Å². The molecule has 21 N–H and O–H groups in total. The molecule has 646 valence electrons. The van der Waals surface area contributed by atoms with E-state index in [1.807, 2.05) is 118 Å². The topological polar surface area (TPSA) is 551 Å². The third-order valence-electron chi connectivity index (χ3n) is 19.3. The normalized spacial score (nSPS) is 11.6. The number of unbranched alkanes of at least 4 members (excludes halogenated alkanes) is 3. The van der Waals surface area contributed by atoms with Gasteiger partial charge in [0.1, 0.15) is 64.4 Å². The van der Waals surface area contributed by atoms with Crippen LogP contribution in [0.4, 0.5) is 34.9 Å². The quantitative estimate of drug-likeness (QED) is 0.0103. The number of carbonyl (C=O) groups excluding carboxylic acids is 3. The van der Waals surface area contributed by atoms with E-state index in [0.29, 0.717) is 154 Å². The number of aliphatic imine (C=N–C) groups is 1. The molecule has 0 fully saturated rings. The Morgan fingerprint density at radius 3 is 1.69 bits per heavy atom. The van der Waals surface area contributed by atoms with E-state index in [0.717, 1.165) is 88.2 Å². The molecule has 123 heavy (non-hydrogen) atoms. The standard InChI is InChI=1S/C21H24N4O4.C20H24N8O3.C20H26N4O.C15H19N3O3.C13H14ClN3/c1-2-3-15(21(28)29)24-20(27)13-7-4-12(5-8-13)6-9-14-11-23-19-18(14)16(26)10-17(22)25-19;1-3-4-14(19(30)31)25-18(29)11-5-7-13(8-6-11)28(2)10-12-9-23-17-15(24-12)16(21)26-20(22)27-17;21-19(22)16-8-6-15(7-9-16)5-3-1-2-4-14-25-18-12-10-17(11-13-18)20(23)24;1-9-17-8-11(15(16)18-9)5-10-6-12(19-2)14(21-4)13(7-10)20-3;1-3-11-12(13(15)17-8(2)16-11)9-4-6-10(14)7-5-9/h4-5,7-8,11,15,23H,2-3,6,9-10H2,1H3,(H2,22,25)(H,24,27)(H,28,29);5-9,14H,3-4,10H2,1-2H3,(H,25,29)(H,30,31)(H4,21,22,23,26,27);6-13H,1-5,14H2,(H3,21,22)(H3,23,24);6-8H,5H2,1-4H3,(H2,16,17,18);4-7H,3H2,1-2H3,(H2,15,16,17)/t15-;14-;;;/m00.../s1. The number of aromatic amines is 1. The minimum absolute atomic E-state index is 0.0316. The number of anilines is 5. The van der Waals surface area contributed by atoms with Crippen LogP contribution in [0, 0.1) is 24.7 Å². The SMILES string of the molecule is CCC[C@H](NC(=O)c1ccc(CCc2c[nH]c3c2C(=O)CC(N)=N3)cc1)C(=O)O.CCC[C@H](NC(=O)c1ccc(N(C)Cc2cnc3nc(N)nc(N)c3n2)cc1)C(=O)O.CCc1nc(C)nc(N)c1-c1ccc(Cl)cc1.COc1cc(Cc2cnc(C)nc2N)cc(OC)c1OC.N=C(N)c1ccc(CCCCCCOc2ccc(C(=N)N)cc2)cc1. The van der Waals surface area contributed by atoms with Gasteiger partial charge in [-0.2, -0.15) is 9.97 Å². The first-order valence-electron chi connectivity index (χ1n) is 39.8. The van der Waals surface area contributed by atoms with Gasteiger partial charge in [-0.15, -0.1) is 0 Å². The zero-order chi connectivity index (χ0) is 89.4. The lowest BCUT2D eigenvalue weighted by atomic mass is 9.98. The summed E-state index contributed by atoms with van der Waals surface area (Å²) in [6.07, 6.45) is 15.6. The number of amides is 2. The van der Waals surface area contributed by atoms with Crippen LogP contribution in [-0.4, -0.2) is 149 Å². The molecule has 2 atom stereocenters. The maximum absolute atomic E-state index is 12.3. The highest BCUT2D eigenvalue weighted by molar-refractivity contribution is 6.30. The Balaban J connectivity index is 0.000000193. The fourth-order valence-corrected chi connectivity index (χ4v) is 13.1. The van der Waals surface area contributed by atoms with Gasteiger partial charge >= 0.3 is 11.9 Å². The van der Waals surface area contributed by atoms with Crippen molar-refractivity contribution >= 4 is 105 Å². The van der Waals surface area contributed by atoms with Crippen molar-refractivity contribution in [3.8, 4) is 34.1 Å². The van der Waals surface area contributed by atoms with Crippen LogP contribution in [0.3, 0.4) is 0 Å². The van der Waals surface area contributed by atoms with E-state index in [9.17, 15) is 29.1 Å². The summed E-state index contributed by atoms with van der Waals surface area (Å²) in [6.45, 7) is 10.6. The van der Waals surface area contributed by atoms with Gasteiger partial charge in [-0.25, -0.2) is 44.5 Å². The molecule has 1 aliphatic rings. The van der Waals surface area contributed by atoms with Crippen LogP contribution in [-0.2, 0) is 48.2 Å². The first kappa shape index (κ1) is 94.1. The molecule has 33 nitrogen and oxygen atoms in total. The minimum Gasteiger partial charge on any atom is -0.494 e. The van der Waals surface area contributed by atoms with Crippen LogP contribution in [0.2, 0.25) is 5.02 Å². The molecule has 0 saturated heterocycles. The third kappa shape index (κ3) is 27.9. The number of nitrogens with zero attached hydrogens (tertiary/aromatic N) is 10. The van der Waals surface area contributed by atoms with Gasteiger partial charge in [0.15, 0.2) is 34.3 Å². The smallest absolute Gasteiger partial charge is 0.326 e. The number of methoxy groups -OCH3 is 3. The van der Waals surface area contributed by atoms with E-state index in [-0.39, 0.29) is 35.6 Å². The van der Waals surface area contributed by atoms with Crippen molar-refractivity contribution in [3.05, 3.63) is 236 Å². The number of aryl methyl sites for hydroxylation is 6. The second-order valence-corrected chi connectivity index (χ2v) is 29.0. The van der Waals surface area contributed by atoms with Crippen LogP contribution >= 0.6 is 11.6 Å². The summed E-state index contributed by atoms with van der Waals surface area (Å²) in [5.74, 6) is 3.24. The number of fused-ring (bicyclic) bond motifs is 2. The second-order valence-electron chi connectivity index (χ2n) is 28.6. The number of Topliss-reactive ketones (excluding diaryl/α,β-unsaturated/α-hetero) is 1.